The van der Waals surface area contributed by atoms with Crippen molar-refractivity contribution in [2.75, 3.05) is 19.8 Å². The molecule has 6 nitrogen and oxygen atoms in total. The quantitative estimate of drug-likeness (QED) is 0.455. The molecule has 0 heterocycles. The van der Waals surface area contributed by atoms with Crippen molar-refractivity contribution in [1.29, 1.82) is 0 Å². The number of carbonyl (C=O) groups is 2. The van der Waals surface area contributed by atoms with E-state index >= 15 is 0 Å². The first-order valence-electron chi connectivity index (χ1n) is 5.18. The van der Waals surface area contributed by atoms with Crippen LogP contribution in [0.2, 0.25) is 0 Å². The van der Waals surface area contributed by atoms with E-state index in [1.165, 1.54) is 0 Å². The molecule has 94 valence electrons. The Morgan fingerprint density at radius 1 is 1.25 bits per heavy atom. The largest absolute Gasteiger partial charge is 0.481 e. The van der Waals surface area contributed by atoms with Crippen LogP contribution in [0.25, 0.3) is 0 Å². The van der Waals surface area contributed by atoms with Gasteiger partial charge >= 0.3 is 11.9 Å². The third-order valence-electron chi connectivity index (χ3n) is 1.89. The SMILES string of the molecule is CCOCC(O)CC(C(=O)O)C(=O)OCC. The lowest BCUT2D eigenvalue weighted by atomic mass is 10.0. The minimum Gasteiger partial charge on any atom is -0.481 e. The van der Waals surface area contributed by atoms with Crippen molar-refractivity contribution in [3.63, 3.8) is 0 Å². The predicted octanol–water partition coefficient (Wildman–Crippen LogP) is 0.0378. The Morgan fingerprint density at radius 3 is 2.31 bits per heavy atom. The molecule has 0 amide bonds. The molecule has 0 aromatic carbocycles. The molecule has 0 spiro atoms. The van der Waals surface area contributed by atoms with Gasteiger partial charge in [0.25, 0.3) is 0 Å². The van der Waals surface area contributed by atoms with Gasteiger partial charge in [-0.1, -0.05) is 0 Å². The number of esters is 1. The fraction of sp³-hybridized carbons (Fsp3) is 0.800. The summed E-state index contributed by atoms with van der Waals surface area (Å²) in [5, 5.41) is 18.2. The van der Waals surface area contributed by atoms with E-state index in [1.807, 2.05) is 0 Å². The lowest BCUT2D eigenvalue weighted by Crippen LogP contribution is -2.31. The molecule has 0 rings (SSSR count). The highest BCUT2D eigenvalue weighted by Crippen LogP contribution is 2.10. The summed E-state index contributed by atoms with van der Waals surface area (Å²) in [7, 11) is 0. The Balaban J connectivity index is 4.22. The first-order chi connectivity index (χ1) is 7.52. The number of carboxylic acids is 1. The average Bonchev–Trinajstić information content (AvgIpc) is 2.22. The minimum atomic E-state index is -1.34. The van der Waals surface area contributed by atoms with Gasteiger partial charge in [0.2, 0.25) is 0 Å². The van der Waals surface area contributed by atoms with Gasteiger partial charge in [-0.25, -0.2) is 0 Å². The molecule has 6 heteroatoms. The van der Waals surface area contributed by atoms with Gasteiger partial charge in [0, 0.05) is 6.61 Å². The number of hydrogen-bond acceptors (Lipinski definition) is 5. The fourth-order valence-corrected chi connectivity index (χ4v) is 1.13. The van der Waals surface area contributed by atoms with Crippen LogP contribution in [0.3, 0.4) is 0 Å². The Hall–Kier alpha value is -1.14. The third kappa shape index (κ3) is 5.67. The maximum Gasteiger partial charge on any atom is 0.320 e. The first kappa shape index (κ1) is 14.9. The highest BCUT2D eigenvalue weighted by atomic mass is 16.5. The normalized spacial score (nSPS) is 14.2. The van der Waals surface area contributed by atoms with Gasteiger partial charge in [-0.05, 0) is 20.3 Å². The molecule has 0 aliphatic heterocycles. The molecule has 0 saturated heterocycles. The van der Waals surface area contributed by atoms with E-state index in [9.17, 15) is 14.7 Å². The second-order valence-electron chi connectivity index (χ2n) is 3.19. The Kier molecular flexibility index (Phi) is 7.49. The van der Waals surface area contributed by atoms with Crippen LogP contribution in [0.1, 0.15) is 20.3 Å². The second-order valence-corrected chi connectivity index (χ2v) is 3.19. The van der Waals surface area contributed by atoms with Gasteiger partial charge in [-0.3, -0.25) is 9.59 Å². The van der Waals surface area contributed by atoms with E-state index in [2.05, 4.69) is 4.74 Å². The molecule has 2 unspecified atom stereocenters. The molecule has 0 fully saturated rings. The van der Waals surface area contributed by atoms with E-state index in [1.54, 1.807) is 13.8 Å². The Morgan fingerprint density at radius 2 is 1.88 bits per heavy atom. The van der Waals surface area contributed by atoms with Gasteiger partial charge in [-0.15, -0.1) is 0 Å². The topological polar surface area (TPSA) is 93.1 Å². The molecular formula is C10H18O6. The molecule has 0 radical (unpaired) electrons. The lowest BCUT2D eigenvalue weighted by molar-refractivity contribution is -0.160. The third-order valence-corrected chi connectivity index (χ3v) is 1.89. The van der Waals surface area contributed by atoms with Crippen molar-refractivity contribution in [1.82, 2.24) is 0 Å². The second kappa shape index (κ2) is 8.06. The number of aliphatic carboxylic acids is 1. The van der Waals surface area contributed by atoms with Crippen LogP contribution < -0.4 is 0 Å². The molecule has 0 aromatic rings. The standard InChI is InChI=1S/C10H18O6/c1-3-15-6-7(11)5-8(9(12)13)10(14)16-4-2/h7-8,11H,3-6H2,1-2H3,(H,12,13). The molecule has 16 heavy (non-hydrogen) atoms. The van der Waals surface area contributed by atoms with Gasteiger partial charge in [0.15, 0.2) is 5.92 Å². The van der Waals surface area contributed by atoms with Gasteiger partial charge in [0.1, 0.15) is 0 Å². The summed E-state index contributed by atoms with van der Waals surface area (Å²) in [6, 6.07) is 0. The molecule has 0 aliphatic carbocycles. The van der Waals surface area contributed by atoms with E-state index in [4.69, 9.17) is 9.84 Å². The zero-order valence-corrected chi connectivity index (χ0v) is 9.51. The molecular weight excluding hydrogens is 216 g/mol. The molecule has 0 saturated carbocycles. The van der Waals surface area contributed by atoms with Crippen molar-refractivity contribution in [2.45, 2.75) is 26.4 Å². The zero-order chi connectivity index (χ0) is 12.6. The van der Waals surface area contributed by atoms with Crippen LogP contribution in [0.5, 0.6) is 0 Å². The zero-order valence-electron chi connectivity index (χ0n) is 9.51. The molecule has 2 N–H and O–H groups in total. The van der Waals surface area contributed by atoms with Crippen molar-refractivity contribution >= 4 is 11.9 Å². The van der Waals surface area contributed by atoms with Gasteiger partial charge in [-0.2, -0.15) is 0 Å². The Bertz CT molecular complexity index is 227. The summed E-state index contributed by atoms with van der Waals surface area (Å²) >= 11 is 0. The van der Waals surface area contributed by atoms with E-state index in [0.717, 1.165) is 0 Å². The molecule has 0 aliphatic rings. The summed E-state index contributed by atoms with van der Waals surface area (Å²) < 4.78 is 9.52. The first-order valence-corrected chi connectivity index (χ1v) is 5.18. The van der Waals surface area contributed by atoms with Crippen molar-refractivity contribution in [2.24, 2.45) is 5.92 Å². The van der Waals surface area contributed by atoms with Crippen molar-refractivity contribution in [3.05, 3.63) is 0 Å². The maximum absolute atomic E-state index is 11.2. The van der Waals surface area contributed by atoms with Gasteiger partial charge < -0.3 is 19.7 Å². The highest BCUT2D eigenvalue weighted by Gasteiger charge is 2.30. The molecule has 2 atom stereocenters. The predicted molar refractivity (Wildman–Crippen MR) is 54.9 cm³/mol. The average molecular weight is 234 g/mol. The highest BCUT2D eigenvalue weighted by molar-refractivity contribution is 5.93. The number of carbonyl (C=O) groups excluding carboxylic acids is 1. The molecule has 0 bridgehead atoms. The van der Waals surface area contributed by atoms with E-state index < -0.39 is 24.0 Å². The van der Waals surface area contributed by atoms with Crippen LogP contribution in [0.15, 0.2) is 0 Å². The maximum atomic E-state index is 11.2. The van der Waals surface area contributed by atoms with Gasteiger partial charge in [0.05, 0.1) is 19.3 Å². The summed E-state index contributed by atoms with van der Waals surface area (Å²) in [5.41, 5.74) is 0. The number of hydrogen-bond donors (Lipinski definition) is 2. The van der Waals surface area contributed by atoms with Crippen LogP contribution in [-0.4, -0.2) is 48.1 Å². The summed E-state index contributed by atoms with van der Waals surface area (Å²) in [4.78, 5) is 22.0. The van der Waals surface area contributed by atoms with Crippen molar-refractivity contribution in [3.8, 4) is 0 Å². The van der Waals surface area contributed by atoms with Crippen LogP contribution >= 0.6 is 0 Å². The van der Waals surface area contributed by atoms with E-state index in [-0.39, 0.29) is 19.6 Å². The van der Waals surface area contributed by atoms with Crippen molar-refractivity contribution < 1.29 is 29.3 Å². The minimum absolute atomic E-state index is 0.0136. The fourth-order valence-electron chi connectivity index (χ4n) is 1.13. The summed E-state index contributed by atoms with van der Waals surface area (Å²) in [6.07, 6.45) is -1.18. The number of aliphatic hydroxyl groups is 1. The van der Waals surface area contributed by atoms with E-state index in [0.29, 0.717) is 6.61 Å². The van der Waals surface area contributed by atoms with Crippen LogP contribution in [0.4, 0.5) is 0 Å². The lowest BCUT2D eigenvalue weighted by Gasteiger charge is -2.15. The number of rotatable bonds is 8. The number of ether oxygens (including phenoxy) is 2. The van der Waals surface area contributed by atoms with Crippen LogP contribution in [0, 0.1) is 5.92 Å². The summed E-state index contributed by atoms with van der Waals surface area (Å²) in [5.74, 6) is -3.46. The number of carboxylic acid groups (broad SMARTS) is 1. The molecule has 0 aromatic heterocycles. The summed E-state index contributed by atoms with van der Waals surface area (Å²) in [6.45, 7) is 3.90. The van der Waals surface area contributed by atoms with Crippen LogP contribution in [-0.2, 0) is 19.1 Å². The monoisotopic (exact) mass is 234 g/mol. The smallest absolute Gasteiger partial charge is 0.320 e. The number of aliphatic hydroxyl groups excluding tert-OH is 1. The Labute approximate surface area is 94.2 Å².